The van der Waals surface area contributed by atoms with Crippen molar-refractivity contribution in [3.63, 3.8) is 0 Å². The molecule has 0 aliphatic carbocycles. The number of amides is 1. The molecule has 5 nitrogen and oxygen atoms in total. The Morgan fingerprint density at radius 2 is 1.92 bits per heavy atom. The van der Waals surface area contributed by atoms with Crippen molar-refractivity contribution in [3.8, 4) is 0 Å². The van der Waals surface area contributed by atoms with Crippen LogP contribution in [0.2, 0.25) is 0 Å². The lowest BCUT2D eigenvalue weighted by molar-refractivity contribution is -0.114. The maximum atomic E-state index is 10.4. The van der Waals surface area contributed by atoms with E-state index in [0.717, 1.165) is 0 Å². The van der Waals surface area contributed by atoms with E-state index in [-0.39, 0.29) is 11.3 Å². The van der Waals surface area contributed by atoms with Gasteiger partial charge in [-0.05, 0) is 19.3 Å². The summed E-state index contributed by atoms with van der Waals surface area (Å²) in [7, 11) is -3.89. The zero-order valence-electron chi connectivity index (χ0n) is 7.19. The maximum Gasteiger partial charge on any atom is 0.264 e. The van der Waals surface area contributed by atoms with E-state index in [1.54, 1.807) is 0 Å². The van der Waals surface area contributed by atoms with Gasteiger partial charge in [0.2, 0.25) is 5.91 Å². The molecule has 0 heterocycles. The van der Waals surface area contributed by atoms with E-state index >= 15 is 0 Å². The topological polar surface area (TPSA) is 97.5 Å². The first-order valence-corrected chi connectivity index (χ1v) is 5.36. The molecule has 13 heavy (non-hydrogen) atoms. The summed E-state index contributed by atoms with van der Waals surface area (Å²) in [4.78, 5) is 10.4. The Morgan fingerprint density at radius 3 is 2.31 bits per heavy atom. The van der Waals surface area contributed by atoms with Crippen molar-refractivity contribution in [2.24, 2.45) is 5.73 Å². The number of rotatable bonds is 6. The van der Waals surface area contributed by atoms with Crippen LogP contribution >= 0.6 is 0 Å². The smallest absolute Gasteiger partial charge is 0.264 e. The Hall–Kier alpha value is -0.880. The van der Waals surface area contributed by atoms with Crippen LogP contribution in [0.15, 0.2) is 12.2 Å². The molecule has 0 atom stereocenters. The highest BCUT2D eigenvalue weighted by Gasteiger charge is 2.05. The second-order valence-corrected chi connectivity index (χ2v) is 4.28. The minimum Gasteiger partial charge on any atom is -0.366 e. The molecule has 0 aromatic heterocycles. The summed E-state index contributed by atoms with van der Waals surface area (Å²) in [5.74, 6) is -0.870. The second-order valence-electron chi connectivity index (χ2n) is 2.71. The second kappa shape index (κ2) is 4.98. The van der Waals surface area contributed by atoms with E-state index in [1.165, 1.54) is 0 Å². The normalized spacial score (nSPS) is 11.2. The van der Waals surface area contributed by atoms with E-state index in [1.807, 2.05) is 0 Å². The molecular weight excluding hydrogens is 194 g/mol. The molecule has 6 heteroatoms. The molecule has 0 bridgehead atoms. The van der Waals surface area contributed by atoms with Gasteiger partial charge >= 0.3 is 0 Å². The van der Waals surface area contributed by atoms with Gasteiger partial charge in [0.25, 0.3) is 10.1 Å². The Morgan fingerprint density at radius 1 is 1.38 bits per heavy atom. The van der Waals surface area contributed by atoms with E-state index in [9.17, 15) is 13.2 Å². The third-order valence-corrected chi connectivity index (χ3v) is 2.28. The van der Waals surface area contributed by atoms with Gasteiger partial charge < -0.3 is 5.73 Å². The van der Waals surface area contributed by atoms with Crippen molar-refractivity contribution in [2.45, 2.75) is 19.3 Å². The van der Waals surface area contributed by atoms with Crippen molar-refractivity contribution < 1.29 is 17.8 Å². The molecule has 0 saturated heterocycles. The van der Waals surface area contributed by atoms with E-state index in [0.29, 0.717) is 19.3 Å². The summed E-state index contributed by atoms with van der Waals surface area (Å²) >= 11 is 0. The quantitative estimate of drug-likeness (QED) is 0.366. The van der Waals surface area contributed by atoms with Gasteiger partial charge in [0.15, 0.2) is 0 Å². The average molecular weight is 207 g/mol. The zero-order valence-corrected chi connectivity index (χ0v) is 8.01. The molecule has 0 radical (unpaired) electrons. The first-order chi connectivity index (χ1) is 5.83. The van der Waals surface area contributed by atoms with Crippen LogP contribution in [0.1, 0.15) is 19.3 Å². The van der Waals surface area contributed by atoms with Crippen LogP contribution < -0.4 is 5.73 Å². The number of primary amides is 1. The highest BCUT2D eigenvalue weighted by Crippen LogP contribution is 2.05. The fourth-order valence-corrected chi connectivity index (χ4v) is 1.31. The summed E-state index contributed by atoms with van der Waals surface area (Å²) < 4.78 is 28.9. The van der Waals surface area contributed by atoms with Gasteiger partial charge in [-0.2, -0.15) is 8.42 Å². The lowest BCUT2D eigenvalue weighted by Gasteiger charge is -1.99. The highest BCUT2D eigenvalue weighted by molar-refractivity contribution is 7.85. The molecule has 0 unspecified atom stereocenters. The number of carbonyl (C=O) groups is 1. The van der Waals surface area contributed by atoms with Crippen molar-refractivity contribution >= 4 is 16.0 Å². The summed E-state index contributed by atoms with van der Waals surface area (Å²) in [6.45, 7) is 3.40. The molecule has 1 amide bonds. The van der Waals surface area contributed by atoms with Crippen molar-refractivity contribution in [1.29, 1.82) is 0 Å². The summed E-state index contributed by atoms with van der Waals surface area (Å²) in [5, 5.41) is 0. The predicted octanol–water partition coefficient (Wildman–Crippen LogP) is 0.0860. The van der Waals surface area contributed by atoms with Crippen molar-refractivity contribution in [3.05, 3.63) is 12.2 Å². The van der Waals surface area contributed by atoms with E-state index < -0.39 is 16.0 Å². The summed E-state index contributed by atoms with van der Waals surface area (Å²) in [6, 6.07) is 0. The van der Waals surface area contributed by atoms with Gasteiger partial charge in [-0.3, -0.25) is 9.35 Å². The highest BCUT2D eigenvalue weighted by atomic mass is 32.2. The molecule has 0 aromatic rings. The number of hydrogen-bond donors (Lipinski definition) is 2. The zero-order chi connectivity index (χ0) is 10.5. The largest absolute Gasteiger partial charge is 0.366 e. The van der Waals surface area contributed by atoms with Gasteiger partial charge in [-0.15, -0.1) is 0 Å². The molecule has 0 spiro atoms. The third-order valence-electron chi connectivity index (χ3n) is 1.48. The minimum absolute atomic E-state index is 0.273. The number of nitrogens with two attached hydrogens (primary N) is 1. The lowest BCUT2D eigenvalue weighted by atomic mass is 10.1. The van der Waals surface area contributed by atoms with Gasteiger partial charge in [0, 0.05) is 5.57 Å². The molecule has 0 fully saturated rings. The van der Waals surface area contributed by atoms with Crippen LogP contribution in [-0.2, 0) is 14.9 Å². The maximum absolute atomic E-state index is 10.4. The van der Waals surface area contributed by atoms with E-state index in [2.05, 4.69) is 6.58 Å². The molecule has 3 N–H and O–H groups in total. The van der Waals surface area contributed by atoms with Crippen LogP contribution in [-0.4, -0.2) is 24.6 Å². The monoisotopic (exact) mass is 207 g/mol. The Kier molecular flexibility index (Phi) is 4.64. The SMILES string of the molecule is C=C(CCCCS(=O)(=O)O)C(N)=O. The number of carbonyl (C=O) groups excluding carboxylic acids is 1. The average Bonchev–Trinajstić information content (AvgIpc) is 1.95. The molecule has 0 aliphatic rings. The summed E-state index contributed by atoms with van der Waals surface area (Å²) in [6.07, 6.45) is 1.14. The Labute approximate surface area is 77.4 Å². The fraction of sp³-hybridized carbons (Fsp3) is 0.571. The van der Waals surface area contributed by atoms with Crippen LogP contribution in [0.3, 0.4) is 0 Å². The first kappa shape index (κ1) is 12.1. The van der Waals surface area contributed by atoms with Gasteiger partial charge in [0.05, 0.1) is 5.75 Å². The van der Waals surface area contributed by atoms with Crippen LogP contribution in [0.25, 0.3) is 0 Å². The van der Waals surface area contributed by atoms with E-state index in [4.69, 9.17) is 10.3 Å². The van der Waals surface area contributed by atoms with Crippen molar-refractivity contribution in [2.75, 3.05) is 5.75 Å². The number of hydrogen-bond acceptors (Lipinski definition) is 3. The van der Waals surface area contributed by atoms with Gasteiger partial charge in [-0.1, -0.05) is 6.58 Å². The van der Waals surface area contributed by atoms with Crippen LogP contribution in [0, 0.1) is 0 Å². The van der Waals surface area contributed by atoms with Gasteiger partial charge in [-0.25, -0.2) is 0 Å². The Balaban J connectivity index is 3.59. The lowest BCUT2D eigenvalue weighted by Crippen LogP contribution is -2.13. The molecule has 0 saturated carbocycles. The molecule has 0 aromatic carbocycles. The molecule has 76 valence electrons. The standard InChI is InChI=1S/C7H13NO4S/c1-6(7(8)9)4-2-3-5-13(10,11)12/h1-5H2,(H2,8,9)(H,10,11,12). The molecule has 0 aliphatic heterocycles. The van der Waals surface area contributed by atoms with Crippen LogP contribution in [0.5, 0.6) is 0 Å². The Bertz CT molecular complexity index is 294. The predicted molar refractivity (Wildman–Crippen MR) is 48.6 cm³/mol. The third kappa shape index (κ3) is 7.48. The number of unbranched alkanes of at least 4 members (excludes halogenated alkanes) is 1. The molecule has 0 rings (SSSR count). The summed E-state index contributed by atoms with van der Waals surface area (Å²) in [5.41, 5.74) is 5.17. The minimum atomic E-state index is -3.89. The van der Waals surface area contributed by atoms with Gasteiger partial charge in [0.1, 0.15) is 0 Å². The first-order valence-electron chi connectivity index (χ1n) is 3.75. The van der Waals surface area contributed by atoms with Crippen molar-refractivity contribution in [1.82, 2.24) is 0 Å². The fourth-order valence-electron chi connectivity index (χ4n) is 0.746. The molecular formula is C7H13NO4S. The van der Waals surface area contributed by atoms with Crippen LogP contribution in [0.4, 0.5) is 0 Å².